The van der Waals surface area contributed by atoms with Crippen LogP contribution in [-0.4, -0.2) is 69.0 Å². The van der Waals surface area contributed by atoms with Gasteiger partial charge < -0.3 is 30.6 Å². The number of fused-ring (bicyclic) bond motifs is 4. The summed E-state index contributed by atoms with van der Waals surface area (Å²) in [7, 11) is 0. The summed E-state index contributed by atoms with van der Waals surface area (Å²) >= 11 is 0. The molecule has 160 valence electrons. The van der Waals surface area contributed by atoms with Crippen molar-refractivity contribution < 1.29 is 40.2 Å². The Bertz CT molecular complexity index is 492. The van der Waals surface area contributed by atoms with E-state index in [1.54, 1.807) is 0 Å². The fourth-order valence-electron chi connectivity index (χ4n) is 4.13. The lowest BCUT2D eigenvalue weighted by Gasteiger charge is -2.11. The maximum Gasteiger partial charge on any atom is 0.307 e. The molecule has 0 saturated heterocycles. The standard InChI is InChI=1S/2C8H10O2.2C2H6O2/c2*9-8(10)7-4-5-1-2-6(7)3-5;2*3-1-2-4/h2*1-2,5-7H,3-4H2,(H,9,10);2*3-4H,1-2H2. The van der Waals surface area contributed by atoms with Crippen molar-refractivity contribution in [1.82, 2.24) is 0 Å². The van der Waals surface area contributed by atoms with Crippen LogP contribution in [-0.2, 0) is 9.59 Å². The second-order valence-corrected chi connectivity index (χ2v) is 7.34. The van der Waals surface area contributed by atoms with Crippen LogP contribution in [0.1, 0.15) is 25.7 Å². The topological polar surface area (TPSA) is 156 Å². The first-order valence-electron chi connectivity index (χ1n) is 9.63. The molecule has 0 heterocycles. The second kappa shape index (κ2) is 12.7. The first-order chi connectivity index (χ1) is 13.4. The highest BCUT2D eigenvalue weighted by atomic mass is 16.4. The molecule has 8 nitrogen and oxygen atoms in total. The normalized spacial score (nSPS) is 32.6. The minimum Gasteiger partial charge on any atom is -0.481 e. The van der Waals surface area contributed by atoms with Crippen LogP contribution < -0.4 is 0 Å². The molecule has 2 saturated carbocycles. The van der Waals surface area contributed by atoms with Gasteiger partial charge in [-0.2, -0.15) is 0 Å². The van der Waals surface area contributed by atoms with Gasteiger partial charge in [0.2, 0.25) is 0 Å². The molecule has 4 bridgehead atoms. The van der Waals surface area contributed by atoms with E-state index in [-0.39, 0.29) is 38.3 Å². The molecule has 0 spiro atoms. The molecule has 0 amide bonds. The highest BCUT2D eigenvalue weighted by Crippen LogP contribution is 2.44. The Morgan fingerprint density at radius 2 is 0.929 bits per heavy atom. The lowest BCUT2D eigenvalue weighted by molar-refractivity contribution is -0.143. The average Bonchev–Trinajstić information content (AvgIpc) is 3.49. The number of hydrogen-bond acceptors (Lipinski definition) is 6. The summed E-state index contributed by atoms with van der Waals surface area (Å²) in [6.07, 6.45) is 12.3. The lowest BCUT2D eigenvalue weighted by Crippen LogP contribution is -2.17. The molecule has 6 unspecified atom stereocenters. The highest BCUT2D eigenvalue weighted by molar-refractivity contribution is 5.72. The van der Waals surface area contributed by atoms with E-state index in [4.69, 9.17) is 30.6 Å². The third-order valence-corrected chi connectivity index (χ3v) is 5.39. The number of aliphatic hydroxyl groups excluding tert-OH is 4. The number of rotatable bonds is 4. The number of aliphatic hydroxyl groups is 4. The first kappa shape index (κ1) is 24.3. The summed E-state index contributed by atoms with van der Waals surface area (Å²) in [5.41, 5.74) is 0. The maximum absolute atomic E-state index is 10.6. The van der Waals surface area contributed by atoms with Crippen LogP contribution in [0.15, 0.2) is 24.3 Å². The molecule has 0 aliphatic heterocycles. The van der Waals surface area contributed by atoms with E-state index in [0.717, 1.165) is 25.7 Å². The van der Waals surface area contributed by atoms with Crippen LogP contribution in [0.25, 0.3) is 0 Å². The number of hydrogen-bond donors (Lipinski definition) is 6. The number of carbonyl (C=O) groups is 2. The largest absolute Gasteiger partial charge is 0.481 e. The van der Waals surface area contributed by atoms with Crippen molar-refractivity contribution in [3.8, 4) is 0 Å². The van der Waals surface area contributed by atoms with Crippen LogP contribution >= 0.6 is 0 Å². The maximum atomic E-state index is 10.6. The van der Waals surface area contributed by atoms with Gasteiger partial charge in [-0.05, 0) is 49.4 Å². The van der Waals surface area contributed by atoms with Gasteiger partial charge in [0.1, 0.15) is 0 Å². The number of carboxylic acids is 2. The fraction of sp³-hybridized carbons (Fsp3) is 0.700. The van der Waals surface area contributed by atoms with Crippen molar-refractivity contribution in [2.75, 3.05) is 26.4 Å². The zero-order valence-corrected chi connectivity index (χ0v) is 15.9. The van der Waals surface area contributed by atoms with Gasteiger partial charge in [-0.25, -0.2) is 0 Å². The molecule has 6 N–H and O–H groups in total. The minimum atomic E-state index is -0.614. The van der Waals surface area contributed by atoms with Crippen LogP contribution in [0.4, 0.5) is 0 Å². The van der Waals surface area contributed by atoms with Gasteiger partial charge in [-0.1, -0.05) is 24.3 Å². The van der Waals surface area contributed by atoms with Gasteiger partial charge >= 0.3 is 11.9 Å². The third-order valence-electron chi connectivity index (χ3n) is 5.39. The SMILES string of the molecule is O=C(O)C1CC2C=CC1C2.O=C(O)C1CC2C=CC1C2.OCCO.OCCO. The molecule has 0 aromatic rings. The van der Waals surface area contributed by atoms with Gasteiger partial charge in [0.05, 0.1) is 38.3 Å². The van der Waals surface area contributed by atoms with Crippen molar-refractivity contribution in [1.29, 1.82) is 0 Å². The van der Waals surface area contributed by atoms with Crippen molar-refractivity contribution >= 4 is 11.9 Å². The molecule has 28 heavy (non-hydrogen) atoms. The molecule has 0 aromatic carbocycles. The lowest BCUT2D eigenvalue weighted by atomic mass is 9.94. The van der Waals surface area contributed by atoms with E-state index in [2.05, 4.69) is 24.3 Å². The smallest absolute Gasteiger partial charge is 0.307 e. The molecular formula is C20H32O8. The molecule has 4 rings (SSSR count). The van der Waals surface area contributed by atoms with Crippen molar-refractivity contribution in [3.05, 3.63) is 24.3 Å². The Kier molecular flexibility index (Phi) is 11.0. The molecule has 2 fully saturated rings. The van der Waals surface area contributed by atoms with E-state index in [9.17, 15) is 9.59 Å². The summed E-state index contributed by atoms with van der Waals surface area (Å²) in [5, 5.41) is 47.9. The van der Waals surface area contributed by atoms with E-state index in [0.29, 0.717) is 23.7 Å². The van der Waals surface area contributed by atoms with Crippen molar-refractivity contribution in [2.45, 2.75) is 25.7 Å². The van der Waals surface area contributed by atoms with Gasteiger partial charge in [-0.15, -0.1) is 0 Å². The van der Waals surface area contributed by atoms with Crippen LogP contribution in [0, 0.1) is 35.5 Å². The highest BCUT2D eigenvalue weighted by Gasteiger charge is 2.40. The van der Waals surface area contributed by atoms with E-state index >= 15 is 0 Å². The number of allylic oxidation sites excluding steroid dienone is 4. The Balaban J connectivity index is 0.000000206. The zero-order chi connectivity index (χ0) is 21.1. The Labute approximate surface area is 164 Å². The number of aliphatic carboxylic acids is 2. The Morgan fingerprint density at radius 3 is 1.04 bits per heavy atom. The molecular weight excluding hydrogens is 368 g/mol. The first-order valence-corrected chi connectivity index (χ1v) is 9.63. The minimum absolute atomic E-state index is 0.0741. The Hall–Kier alpha value is -1.74. The van der Waals surface area contributed by atoms with Gasteiger partial charge in [0, 0.05) is 0 Å². The predicted molar refractivity (Wildman–Crippen MR) is 101 cm³/mol. The number of carboxylic acid groups (broad SMARTS) is 2. The van der Waals surface area contributed by atoms with Crippen LogP contribution in [0.2, 0.25) is 0 Å². The second-order valence-electron chi connectivity index (χ2n) is 7.34. The molecule has 6 atom stereocenters. The van der Waals surface area contributed by atoms with Gasteiger partial charge in [0.15, 0.2) is 0 Å². The summed E-state index contributed by atoms with van der Waals surface area (Å²) in [4.78, 5) is 21.1. The summed E-state index contributed by atoms with van der Waals surface area (Å²) in [5.74, 6) is 0.473. The zero-order valence-electron chi connectivity index (χ0n) is 15.9. The summed E-state index contributed by atoms with van der Waals surface area (Å²) in [6.45, 7) is -0.500. The summed E-state index contributed by atoms with van der Waals surface area (Å²) < 4.78 is 0. The van der Waals surface area contributed by atoms with Gasteiger partial charge in [0.25, 0.3) is 0 Å². The monoisotopic (exact) mass is 400 g/mol. The average molecular weight is 400 g/mol. The van der Waals surface area contributed by atoms with E-state index in [1.807, 2.05) is 0 Å². The predicted octanol–water partition coefficient (Wildman–Crippen LogP) is 0.508. The Morgan fingerprint density at radius 1 is 0.607 bits per heavy atom. The van der Waals surface area contributed by atoms with Crippen LogP contribution in [0.3, 0.4) is 0 Å². The quantitative estimate of drug-likeness (QED) is 0.373. The fourth-order valence-corrected chi connectivity index (χ4v) is 4.13. The molecule has 8 heteroatoms. The van der Waals surface area contributed by atoms with Gasteiger partial charge in [-0.3, -0.25) is 9.59 Å². The van der Waals surface area contributed by atoms with E-state index < -0.39 is 11.9 Å². The van der Waals surface area contributed by atoms with Crippen LogP contribution in [0.5, 0.6) is 0 Å². The summed E-state index contributed by atoms with van der Waals surface area (Å²) in [6, 6.07) is 0. The molecule has 0 aromatic heterocycles. The van der Waals surface area contributed by atoms with Crippen molar-refractivity contribution in [3.63, 3.8) is 0 Å². The van der Waals surface area contributed by atoms with Crippen molar-refractivity contribution in [2.24, 2.45) is 35.5 Å². The molecule has 4 aliphatic carbocycles. The molecule has 0 radical (unpaired) electrons. The van der Waals surface area contributed by atoms with E-state index in [1.165, 1.54) is 0 Å². The third kappa shape index (κ3) is 7.35. The molecule has 4 aliphatic rings.